The maximum atomic E-state index is 13.0. The molecule has 2 bridgehead atoms. The lowest BCUT2D eigenvalue weighted by Crippen LogP contribution is -3.18. The van der Waals surface area contributed by atoms with Crippen LogP contribution in [0.5, 0.6) is 0 Å². The van der Waals surface area contributed by atoms with E-state index in [1.807, 2.05) is 30.3 Å². The van der Waals surface area contributed by atoms with E-state index in [9.17, 15) is 29.8 Å². The van der Waals surface area contributed by atoms with Crippen molar-refractivity contribution in [2.45, 2.75) is 24.0 Å². The van der Waals surface area contributed by atoms with E-state index in [0.29, 0.717) is 17.0 Å². The smallest absolute Gasteiger partial charge is 0.319 e. The standard InChI is InChI=1S/C23H21N3O6/c27-19(18-9-5-2-6-10-18)13-20-22(25(29)30)12-11-21(28)23(20,26(31)32)16-24(15-22)14-17-7-3-1-4-8-17/h1-12,20H,13-16H2/p+1. The Morgan fingerprint density at radius 2 is 1.59 bits per heavy atom. The van der Waals surface area contributed by atoms with E-state index in [-0.39, 0.29) is 13.1 Å². The van der Waals surface area contributed by atoms with Crippen LogP contribution in [0.4, 0.5) is 0 Å². The first-order chi connectivity index (χ1) is 15.3. The molecule has 9 heteroatoms. The van der Waals surface area contributed by atoms with Crippen LogP contribution >= 0.6 is 0 Å². The quantitative estimate of drug-likeness (QED) is 0.394. The molecule has 0 amide bonds. The lowest BCUT2D eigenvalue weighted by molar-refractivity contribution is -0.955. The second-order valence-electron chi connectivity index (χ2n) is 8.44. The molecule has 0 spiro atoms. The molecule has 4 rings (SSSR count). The number of nitrogens with zero attached hydrogens (tertiary/aromatic N) is 2. The number of fused-ring (bicyclic) bond motifs is 2. The Bertz CT molecular complexity index is 1100. The van der Waals surface area contributed by atoms with E-state index < -0.39 is 44.8 Å². The molecule has 9 nitrogen and oxygen atoms in total. The third-order valence-electron chi connectivity index (χ3n) is 6.63. The highest BCUT2D eigenvalue weighted by Gasteiger charge is 2.76. The van der Waals surface area contributed by atoms with Gasteiger partial charge in [0.1, 0.15) is 12.5 Å². The van der Waals surface area contributed by atoms with Crippen LogP contribution in [0.1, 0.15) is 22.3 Å². The molecule has 1 aliphatic carbocycles. The summed E-state index contributed by atoms with van der Waals surface area (Å²) in [6, 6.07) is 17.3. The zero-order valence-electron chi connectivity index (χ0n) is 17.2. The van der Waals surface area contributed by atoms with Crippen molar-refractivity contribution in [3.63, 3.8) is 0 Å². The van der Waals surface area contributed by atoms with Gasteiger partial charge in [-0.3, -0.25) is 29.8 Å². The van der Waals surface area contributed by atoms with Crippen molar-refractivity contribution in [2.24, 2.45) is 5.92 Å². The monoisotopic (exact) mass is 436 g/mol. The van der Waals surface area contributed by atoms with Crippen molar-refractivity contribution < 1.29 is 24.3 Å². The number of rotatable bonds is 7. The van der Waals surface area contributed by atoms with Crippen LogP contribution in [0.2, 0.25) is 0 Å². The minimum atomic E-state index is -2.24. The molecule has 0 radical (unpaired) electrons. The van der Waals surface area contributed by atoms with Gasteiger partial charge in [-0.05, 0) is 6.08 Å². The van der Waals surface area contributed by atoms with Gasteiger partial charge in [-0.15, -0.1) is 0 Å². The second-order valence-corrected chi connectivity index (χ2v) is 8.44. The average molecular weight is 436 g/mol. The molecule has 2 aromatic carbocycles. The Hall–Kier alpha value is -3.72. The highest BCUT2D eigenvalue weighted by molar-refractivity contribution is 6.01. The predicted octanol–water partition coefficient (Wildman–Crippen LogP) is 1.14. The van der Waals surface area contributed by atoms with Crippen LogP contribution in [-0.4, -0.2) is 45.6 Å². The summed E-state index contributed by atoms with van der Waals surface area (Å²) in [5.41, 5.74) is -2.98. The van der Waals surface area contributed by atoms with Gasteiger partial charge in [-0.1, -0.05) is 60.7 Å². The van der Waals surface area contributed by atoms with Crippen LogP contribution in [-0.2, 0) is 11.3 Å². The fourth-order valence-corrected chi connectivity index (χ4v) is 5.12. The second kappa shape index (κ2) is 8.08. The van der Waals surface area contributed by atoms with Crippen molar-refractivity contribution in [3.8, 4) is 0 Å². The summed E-state index contributed by atoms with van der Waals surface area (Å²) in [4.78, 5) is 50.0. The lowest BCUT2D eigenvalue weighted by atomic mass is 9.60. The van der Waals surface area contributed by atoms with Gasteiger partial charge in [-0.25, -0.2) is 0 Å². The number of likely N-dealkylation sites (tertiary alicyclic amines) is 1. The van der Waals surface area contributed by atoms with Crippen LogP contribution in [0.15, 0.2) is 72.8 Å². The Morgan fingerprint density at radius 1 is 0.969 bits per heavy atom. The van der Waals surface area contributed by atoms with Gasteiger partial charge in [0.05, 0.1) is 0 Å². The minimum absolute atomic E-state index is 0.0546. The number of benzene rings is 2. The normalized spacial score (nSPS) is 28.8. The van der Waals surface area contributed by atoms with Crippen LogP contribution in [0.25, 0.3) is 0 Å². The number of Topliss-reactive ketones (excluding diaryl/α,β-unsaturated/α-hetero) is 1. The molecular formula is C23H22N3O6+. The maximum absolute atomic E-state index is 13.0. The molecule has 1 N–H and O–H groups in total. The number of piperidine rings is 1. The molecule has 4 atom stereocenters. The molecule has 2 aromatic rings. The Balaban J connectivity index is 1.78. The van der Waals surface area contributed by atoms with E-state index in [0.717, 1.165) is 11.6 Å². The van der Waals surface area contributed by atoms with E-state index >= 15 is 0 Å². The summed E-state index contributed by atoms with van der Waals surface area (Å²) in [6.45, 7) is 0.0217. The Morgan fingerprint density at radius 3 is 2.19 bits per heavy atom. The highest BCUT2D eigenvalue weighted by atomic mass is 16.6. The first-order valence-corrected chi connectivity index (χ1v) is 10.3. The number of quaternary nitrogens is 1. The molecule has 164 valence electrons. The van der Waals surface area contributed by atoms with Crippen LogP contribution in [0.3, 0.4) is 0 Å². The molecule has 4 unspecified atom stereocenters. The first-order valence-electron chi connectivity index (χ1n) is 10.3. The molecule has 32 heavy (non-hydrogen) atoms. The van der Waals surface area contributed by atoms with Gasteiger partial charge in [-0.2, -0.15) is 0 Å². The summed E-state index contributed by atoms with van der Waals surface area (Å²) in [5.74, 6) is -2.64. The molecule has 1 aliphatic heterocycles. The van der Waals surface area contributed by atoms with Crippen molar-refractivity contribution in [1.82, 2.24) is 0 Å². The number of carbonyl (C=O) groups excluding carboxylic acids is 2. The summed E-state index contributed by atoms with van der Waals surface area (Å²) in [7, 11) is 0. The van der Waals surface area contributed by atoms with Gasteiger partial charge in [0.2, 0.25) is 5.78 Å². The van der Waals surface area contributed by atoms with E-state index in [1.54, 1.807) is 30.3 Å². The first kappa shape index (κ1) is 21.5. The number of ketones is 2. The number of hydrogen-bond acceptors (Lipinski definition) is 6. The highest BCUT2D eigenvalue weighted by Crippen LogP contribution is 2.43. The largest absolute Gasteiger partial charge is 0.340 e. The van der Waals surface area contributed by atoms with Crippen LogP contribution < -0.4 is 4.90 Å². The van der Waals surface area contributed by atoms with Gasteiger partial charge in [0.15, 0.2) is 18.9 Å². The zero-order chi connectivity index (χ0) is 22.9. The minimum Gasteiger partial charge on any atom is -0.319 e. The number of hydrogen-bond donors (Lipinski definition) is 1. The maximum Gasteiger partial charge on any atom is 0.340 e. The molecule has 1 fully saturated rings. The number of carbonyl (C=O) groups is 2. The number of nitrogens with one attached hydrogen (secondary N) is 1. The molecule has 1 heterocycles. The average Bonchev–Trinajstić information content (AvgIpc) is 2.78. The van der Waals surface area contributed by atoms with Gasteiger partial charge in [0, 0.05) is 33.5 Å². The van der Waals surface area contributed by atoms with Gasteiger partial charge >= 0.3 is 5.54 Å². The Labute approximate surface area is 183 Å². The fourth-order valence-electron chi connectivity index (χ4n) is 5.12. The number of nitro groups is 2. The van der Waals surface area contributed by atoms with Crippen molar-refractivity contribution in [3.05, 3.63) is 104 Å². The predicted molar refractivity (Wildman–Crippen MR) is 113 cm³/mol. The van der Waals surface area contributed by atoms with Crippen molar-refractivity contribution >= 4 is 11.6 Å². The molecule has 2 aliphatic rings. The molecule has 0 aromatic heterocycles. The van der Waals surface area contributed by atoms with E-state index in [1.165, 1.54) is 6.08 Å². The summed E-state index contributed by atoms with van der Waals surface area (Å²) in [6.07, 6.45) is 1.68. The summed E-state index contributed by atoms with van der Waals surface area (Å²) in [5, 5.41) is 24.8. The molecule has 0 saturated carbocycles. The fraction of sp³-hybridized carbons (Fsp3) is 0.304. The van der Waals surface area contributed by atoms with E-state index in [4.69, 9.17) is 0 Å². The van der Waals surface area contributed by atoms with Crippen LogP contribution in [0, 0.1) is 26.1 Å². The van der Waals surface area contributed by atoms with Gasteiger partial charge < -0.3 is 4.90 Å². The summed E-state index contributed by atoms with van der Waals surface area (Å²) < 4.78 is 0. The third-order valence-corrected chi connectivity index (χ3v) is 6.63. The summed E-state index contributed by atoms with van der Waals surface area (Å²) >= 11 is 0. The van der Waals surface area contributed by atoms with Gasteiger partial charge in [0.25, 0.3) is 5.54 Å². The molecular weight excluding hydrogens is 414 g/mol. The molecule has 1 saturated heterocycles. The zero-order valence-corrected chi connectivity index (χ0v) is 17.2. The third kappa shape index (κ3) is 3.40. The SMILES string of the molecule is O=C(CC1C2([N+](=O)[O-])C=CC(=O)C1([N+](=O)[O-])C[NH+](Cc1ccccc1)C2)c1ccccc1. The van der Waals surface area contributed by atoms with Crippen molar-refractivity contribution in [2.75, 3.05) is 13.1 Å². The lowest BCUT2D eigenvalue weighted by Gasteiger charge is -2.45. The van der Waals surface area contributed by atoms with Crippen molar-refractivity contribution in [1.29, 1.82) is 0 Å². The van der Waals surface area contributed by atoms with E-state index in [2.05, 4.69) is 0 Å². The Kier molecular flexibility index (Phi) is 5.43. The topological polar surface area (TPSA) is 125 Å².